The Balaban J connectivity index is 1.52. The average molecular weight is 438 g/mol. The van der Waals surface area contributed by atoms with E-state index >= 15 is 0 Å². The van der Waals surface area contributed by atoms with Crippen LogP contribution in [0.1, 0.15) is 36.3 Å². The molecule has 0 aliphatic carbocycles. The van der Waals surface area contributed by atoms with Gasteiger partial charge in [-0.2, -0.15) is 0 Å². The second-order valence-electron chi connectivity index (χ2n) is 7.32. The summed E-state index contributed by atoms with van der Waals surface area (Å²) in [6, 6.07) is 21.8. The summed E-state index contributed by atoms with van der Waals surface area (Å²) < 4.78 is 4.95. The predicted octanol–water partition coefficient (Wildman–Crippen LogP) is 4.53. The van der Waals surface area contributed by atoms with Gasteiger partial charge in [-0.1, -0.05) is 65.8 Å². The van der Waals surface area contributed by atoms with Crippen LogP contribution >= 0.6 is 11.8 Å². The van der Waals surface area contributed by atoms with Gasteiger partial charge in [0.15, 0.2) is 5.82 Å². The van der Waals surface area contributed by atoms with Crippen molar-refractivity contribution in [2.24, 2.45) is 0 Å². The quantitative estimate of drug-likeness (QED) is 0.487. The van der Waals surface area contributed by atoms with Crippen LogP contribution in [0.2, 0.25) is 0 Å². The Morgan fingerprint density at radius 3 is 2.39 bits per heavy atom. The molecule has 31 heavy (non-hydrogen) atoms. The number of nitrogens with one attached hydrogen (secondary N) is 2. The van der Waals surface area contributed by atoms with Crippen LogP contribution in [-0.2, 0) is 16.0 Å². The molecule has 7 heteroatoms. The van der Waals surface area contributed by atoms with Crippen LogP contribution in [0.25, 0.3) is 0 Å². The molecule has 2 unspecified atom stereocenters. The van der Waals surface area contributed by atoms with Crippen LogP contribution in [0.4, 0.5) is 5.82 Å². The van der Waals surface area contributed by atoms with Gasteiger partial charge in [-0.25, -0.2) is 0 Å². The van der Waals surface area contributed by atoms with Crippen molar-refractivity contribution in [3.63, 3.8) is 0 Å². The van der Waals surface area contributed by atoms with Crippen molar-refractivity contribution in [2.75, 3.05) is 11.1 Å². The van der Waals surface area contributed by atoms with Gasteiger partial charge in [0.2, 0.25) is 11.8 Å². The maximum absolute atomic E-state index is 12.6. The lowest BCUT2D eigenvalue weighted by molar-refractivity contribution is -0.119. The first-order valence-electron chi connectivity index (χ1n) is 10.3. The van der Waals surface area contributed by atoms with Crippen molar-refractivity contribution in [1.82, 2.24) is 10.5 Å². The summed E-state index contributed by atoms with van der Waals surface area (Å²) in [6.45, 7) is 3.52. The van der Waals surface area contributed by atoms with E-state index in [9.17, 15) is 9.59 Å². The number of hydrogen-bond acceptors (Lipinski definition) is 5. The highest BCUT2D eigenvalue weighted by Gasteiger charge is 2.19. The van der Waals surface area contributed by atoms with Crippen molar-refractivity contribution >= 4 is 29.4 Å². The van der Waals surface area contributed by atoms with E-state index in [1.54, 1.807) is 19.9 Å². The number of hydrogen-bond donors (Lipinski definition) is 2. The maximum atomic E-state index is 12.6. The topological polar surface area (TPSA) is 84.2 Å². The highest BCUT2D eigenvalue weighted by atomic mass is 32.2. The first kappa shape index (κ1) is 22.6. The minimum atomic E-state index is -0.401. The van der Waals surface area contributed by atoms with Crippen LogP contribution in [0, 0.1) is 6.92 Å². The Kier molecular flexibility index (Phi) is 8.29. The van der Waals surface area contributed by atoms with Gasteiger partial charge in [0.25, 0.3) is 0 Å². The molecule has 2 atom stereocenters. The molecule has 1 aromatic heterocycles. The van der Waals surface area contributed by atoms with Crippen molar-refractivity contribution in [3.05, 3.63) is 83.6 Å². The molecule has 0 bridgehead atoms. The summed E-state index contributed by atoms with van der Waals surface area (Å²) in [7, 11) is 0. The zero-order valence-electron chi connectivity index (χ0n) is 17.7. The first-order valence-corrected chi connectivity index (χ1v) is 11.3. The van der Waals surface area contributed by atoms with Gasteiger partial charge < -0.3 is 15.2 Å². The molecule has 0 aliphatic heterocycles. The molecule has 0 saturated carbocycles. The fraction of sp³-hybridized carbons (Fsp3) is 0.292. The van der Waals surface area contributed by atoms with E-state index < -0.39 is 5.25 Å². The van der Waals surface area contributed by atoms with Crippen LogP contribution < -0.4 is 10.6 Å². The smallest absolute Gasteiger partial charge is 0.238 e. The van der Waals surface area contributed by atoms with Crippen LogP contribution in [0.3, 0.4) is 0 Å². The van der Waals surface area contributed by atoms with Gasteiger partial charge in [-0.3, -0.25) is 9.59 Å². The van der Waals surface area contributed by atoms with Crippen LogP contribution in [0.15, 0.2) is 71.3 Å². The normalized spacial score (nSPS) is 12.7. The number of carbonyl (C=O) groups is 2. The lowest BCUT2D eigenvalue weighted by Crippen LogP contribution is -2.32. The summed E-state index contributed by atoms with van der Waals surface area (Å²) in [4.78, 5) is 24.9. The molecule has 0 fully saturated rings. The van der Waals surface area contributed by atoms with Crippen molar-refractivity contribution < 1.29 is 14.1 Å². The zero-order valence-corrected chi connectivity index (χ0v) is 18.5. The third-order valence-corrected chi connectivity index (χ3v) is 5.96. The number of carbonyl (C=O) groups excluding carboxylic acids is 2. The van der Waals surface area contributed by atoms with E-state index in [4.69, 9.17) is 4.52 Å². The average Bonchev–Trinajstić information content (AvgIpc) is 3.20. The fourth-order valence-electron chi connectivity index (χ4n) is 3.13. The van der Waals surface area contributed by atoms with E-state index in [0.29, 0.717) is 11.6 Å². The molecule has 2 N–H and O–H groups in total. The molecule has 2 aromatic carbocycles. The summed E-state index contributed by atoms with van der Waals surface area (Å²) in [5.74, 6) is 0.890. The van der Waals surface area contributed by atoms with Crippen LogP contribution in [-0.4, -0.2) is 28.0 Å². The standard InChI is InChI=1S/C24H27N3O3S/c1-17-15-22(27-30-17)26-24(29)18(2)31-16-23(28)25-21(20-11-7-4-8-12-20)14-13-19-9-5-3-6-10-19/h3-12,15,18,21H,13-14,16H2,1-2H3,(H,25,28)(H,26,27,29). The van der Waals surface area contributed by atoms with E-state index in [1.165, 1.54) is 17.3 Å². The van der Waals surface area contributed by atoms with Gasteiger partial charge in [0.05, 0.1) is 17.0 Å². The third-order valence-electron chi connectivity index (χ3n) is 4.81. The van der Waals surface area contributed by atoms with E-state index in [0.717, 1.165) is 18.4 Å². The third kappa shape index (κ3) is 7.29. The summed E-state index contributed by atoms with van der Waals surface area (Å²) in [5, 5.41) is 9.18. The second-order valence-corrected chi connectivity index (χ2v) is 8.65. The molecular formula is C24H27N3O3S. The first-order chi connectivity index (χ1) is 15.0. The van der Waals surface area contributed by atoms with Gasteiger partial charge >= 0.3 is 0 Å². The number of rotatable bonds is 10. The Labute approximate surface area is 186 Å². The van der Waals surface area contributed by atoms with Gasteiger partial charge in [0.1, 0.15) is 5.76 Å². The number of nitrogens with zero attached hydrogens (tertiary/aromatic N) is 1. The monoisotopic (exact) mass is 437 g/mol. The molecule has 1 heterocycles. The minimum Gasteiger partial charge on any atom is -0.360 e. The number of aromatic nitrogens is 1. The van der Waals surface area contributed by atoms with Crippen LogP contribution in [0.5, 0.6) is 0 Å². The summed E-state index contributed by atoms with van der Waals surface area (Å²) >= 11 is 1.29. The predicted molar refractivity (Wildman–Crippen MR) is 124 cm³/mol. The fourth-order valence-corrected chi connectivity index (χ4v) is 3.82. The van der Waals surface area contributed by atoms with Gasteiger partial charge in [-0.15, -0.1) is 11.8 Å². The van der Waals surface area contributed by atoms with Crippen molar-refractivity contribution in [2.45, 2.75) is 38.0 Å². The minimum absolute atomic E-state index is 0.0863. The SMILES string of the molecule is Cc1cc(NC(=O)C(C)SCC(=O)NC(CCc2ccccc2)c2ccccc2)no1. The molecule has 0 aliphatic rings. The molecule has 0 saturated heterocycles. The van der Waals surface area contributed by atoms with Gasteiger partial charge in [-0.05, 0) is 37.8 Å². The lowest BCUT2D eigenvalue weighted by atomic mass is 9.99. The Morgan fingerprint density at radius 2 is 1.74 bits per heavy atom. The van der Waals surface area contributed by atoms with Crippen molar-refractivity contribution in [1.29, 1.82) is 0 Å². The lowest BCUT2D eigenvalue weighted by Gasteiger charge is -2.20. The summed E-state index contributed by atoms with van der Waals surface area (Å²) in [6.07, 6.45) is 1.66. The molecule has 162 valence electrons. The number of amides is 2. The molecular weight excluding hydrogens is 410 g/mol. The molecule has 0 radical (unpaired) electrons. The summed E-state index contributed by atoms with van der Waals surface area (Å²) in [5.41, 5.74) is 2.31. The second kappa shape index (κ2) is 11.4. The molecule has 0 spiro atoms. The highest BCUT2D eigenvalue weighted by Crippen LogP contribution is 2.20. The molecule has 3 aromatic rings. The maximum Gasteiger partial charge on any atom is 0.238 e. The van der Waals surface area contributed by atoms with Crippen molar-refractivity contribution in [3.8, 4) is 0 Å². The Bertz CT molecular complexity index is 976. The number of anilines is 1. The highest BCUT2D eigenvalue weighted by molar-refractivity contribution is 8.01. The van der Waals surface area contributed by atoms with Gasteiger partial charge in [0, 0.05) is 6.07 Å². The largest absolute Gasteiger partial charge is 0.360 e. The van der Waals surface area contributed by atoms with E-state index in [2.05, 4.69) is 27.9 Å². The number of benzene rings is 2. The number of thioether (sulfide) groups is 1. The Hall–Kier alpha value is -3.06. The number of aryl methyl sites for hydroxylation is 2. The van der Waals surface area contributed by atoms with E-state index in [1.807, 2.05) is 48.5 Å². The molecule has 6 nitrogen and oxygen atoms in total. The molecule has 2 amide bonds. The Morgan fingerprint density at radius 1 is 1.06 bits per heavy atom. The van der Waals surface area contributed by atoms with E-state index in [-0.39, 0.29) is 23.6 Å². The zero-order chi connectivity index (χ0) is 22.1. The molecule has 3 rings (SSSR count).